The molecule has 0 spiro atoms. The van der Waals surface area contributed by atoms with Crippen molar-refractivity contribution in [3.63, 3.8) is 0 Å². The molecule has 3 nitrogen and oxygen atoms in total. The Morgan fingerprint density at radius 3 is 2.94 bits per heavy atom. The predicted molar refractivity (Wildman–Crippen MR) is 81.2 cm³/mol. The van der Waals surface area contributed by atoms with Gasteiger partial charge in [0, 0.05) is 19.6 Å². The third-order valence-corrected chi connectivity index (χ3v) is 4.53. The summed E-state index contributed by atoms with van der Waals surface area (Å²) in [6.07, 6.45) is 2.53. The molecule has 18 heavy (non-hydrogen) atoms. The van der Waals surface area contributed by atoms with Crippen LogP contribution in [0.4, 0.5) is 5.13 Å². The van der Waals surface area contributed by atoms with Gasteiger partial charge in [0.05, 0.1) is 10.2 Å². The first-order valence-electron chi connectivity index (χ1n) is 6.14. The largest absolute Gasteiger partial charge is 0.347 e. The molecule has 1 aromatic carbocycles. The summed E-state index contributed by atoms with van der Waals surface area (Å²) < 4.78 is 1.28. The Labute approximate surface area is 118 Å². The van der Waals surface area contributed by atoms with Crippen LogP contribution in [0.5, 0.6) is 0 Å². The number of aromatic nitrogens is 1. The minimum atomic E-state index is 0. The van der Waals surface area contributed by atoms with Gasteiger partial charge in [0.2, 0.25) is 0 Å². The molecule has 1 aliphatic rings. The molecule has 1 aromatic heterocycles. The highest BCUT2D eigenvalue weighted by atomic mass is 35.5. The second-order valence-corrected chi connectivity index (χ2v) is 5.58. The van der Waals surface area contributed by atoms with Gasteiger partial charge < -0.3 is 10.2 Å². The third kappa shape index (κ3) is 2.60. The SMILES string of the molecule is CN(c1nc2ccccc2s1)[C@H]1CCCNC1.Cl. The van der Waals surface area contributed by atoms with Crippen molar-refractivity contribution in [3.8, 4) is 0 Å². The number of likely N-dealkylation sites (N-methyl/N-ethyl adjacent to an activating group) is 1. The Balaban J connectivity index is 0.00000120. The fourth-order valence-corrected chi connectivity index (χ4v) is 3.33. The second kappa shape index (κ2) is 5.87. The number of nitrogens with one attached hydrogen (secondary N) is 1. The molecular formula is C13H18ClN3S. The summed E-state index contributed by atoms with van der Waals surface area (Å²) in [5.41, 5.74) is 1.11. The maximum atomic E-state index is 4.70. The van der Waals surface area contributed by atoms with Crippen molar-refractivity contribution in [1.82, 2.24) is 10.3 Å². The summed E-state index contributed by atoms with van der Waals surface area (Å²) in [4.78, 5) is 7.03. The highest BCUT2D eigenvalue weighted by Crippen LogP contribution is 2.29. The Morgan fingerprint density at radius 1 is 1.39 bits per heavy atom. The van der Waals surface area contributed by atoms with Crippen LogP contribution in [-0.4, -0.2) is 31.2 Å². The minimum absolute atomic E-state index is 0. The number of thiazole rings is 1. The number of benzene rings is 1. The summed E-state index contributed by atoms with van der Waals surface area (Å²) in [6, 6.07) is 8.94. The number of hydrogen-bond acceptors (Lipinski definition) is 4. The first-order chi connectivity index (χ1) is 8.34. The molecule has 2 aromatic rings. The zero-order chi connectivity index (χ0) is 11.7. The van der Waals surface area contributed by atoms with E-state index in [0.717, 1.165) is 23.7 Å². The average molecular weight is 284 g/mol. The van der Waals surface area contributed by atoms with Gasteiger partial charge in [-0.15, -0.1) is 12.4 Å². The fraction of sp³-hybridized carbons (Fsp3) is 0.462. The van der Waals surface area contributed by atoms with Crippen LogP contribution >= 0.6 is 23.7 Å². The molecule has 1 N–H and O–H groups in total. The zero-order valence-corrected chi connectivity index (χ0v) is 12.1. The van der Waals surface area contributed by atoms with Crippen LogP contribution in [0.3, 0.4) is 0 Å². The van der Waals surface area contributed by atoms with Crippen molar-refractivity contribution in [3.05, 3.63) is 24.3 Å². The lowest BCUT2D eigenvalue weighted by molar-refractivity contribution is 0.445. The Hall–Kier alpha value is -0.840. The minimum Gasteiger partial charge on any atom is -0.347 e. The number of halogens is 1. The van der Waals surface area contributed by atoms with Crippen LogP contribution < -0.4 is 10.2 Å². The predicted octanol–water partition coefficient (Wildman–Crippen LogP) is 2.91. The summed E-state index contributed by atoms with van der Waals surface area (Å²) in [7, 11) is 2.16. The van der Waals surface area contributed by atoms with Crippen LogP contribution in [0.25, 0.3) is 10.2 Å². The van der Waals surface area contributed by atoms with E-state index in [1.54, 1.807) is 11.3 Å². The Kier molecular flexibility index (Phi) is 4.43. The van der Waals surface area contributed by atoms with Crippen molar-refractivity contribution in [2.75, 3.05) is 25.0 Å². The number of hydrogen-bond donors (Lipinski definition) is 1. The number of para-hydroxylation sites is 1. The zero-order valence-electron chi connectivity index (χ0n) is 10.4. The molecule has 1 saturated heterocycles. The van der Waals surface area contributed by atoms with Crippen molar-refractivity contribution >= 4 is 39.1 Å². The van der Waals surface area contributed by atoms with Crippen molar-refractivity contribution in [1.29, 1.82) is 0 Å². The molecule has 3 rings (SSSR count). The normalized spacial score (nSPS) is 19.5. The van der Waals surface area contributed by atoms with Gasteiger partial charge in [-0.25, -0.2) is 4.98 Å². The fourth-order valence-electron chi connectivity index (χ4n) is 2.33. The van der Waals surface area contributed by atoms with E-state index in [1.165, 1.54) is 17.5 Å². The molecule has 0 radical (unpaired) electrons. The molecule has 0 unspecified atom stereocenters. The number of nitrogens with zero attached hydrogens (tertiary/aromatic N) is 2. The highest BCUT2D eigenvalue weighted by molar-refractivity contribution is 7.22. The van der Waals surface area contributed by atoms with E-state index >= 15 is 0 Å². The van der Waals surface area contributed by atoms with Crippen LogP contribution in [0, 0.1) is 0 Å². The average Bonchev–Trinajstić information content (AvgIpc) is 2.82. The molecule has 1 atom stereocenters. The molecule has 1 aliphatic heterocycles. The van der Waals surface area contributed by atoms with Crippen LogP contribution in [0.15, 0.2) is 24.3 Å². The van der Waals surface area contributed by atoms with Crippen LogP contribution in [0.1, 0.15) is 12.8 Å². The van der Waals surface area contributed by atoms with Gasteiger partial charge in [0.1, 0.15) is 0 Å². The lowest BCUT2D eigenvalue weighted by Gasteiger charge is -2.31. The second-order valence-electron chi connectivity index (χ2n) is 4.58. The first kappa shape index (κ1) is 13.6. The third-order valence-electron chi connectivity index (χ3n) is 3.40. The molecule has 0 amide bonds. The van der Waals surface area contributed by atoms with E-state index in [9.17, 15) is 0 Å². The molecule has 0 bridgehead atoms. The molecule has 98 valence electrons. The van der Waals surface area contributed by atoms with E-state index in [0.29, 0.717) is 6.04 Å². The number of rotatable bonds is 2. The maximum Gasteiger partial charge on any atom is 0.186 e. The lowest BCUT2D eigenvalue weighted by atomic mass is 10.1. The monoisotopic (exact) mass is 283 g/mol. The van der Waals surface area contributed by atoms with E-state index in [1.807, 2.05) is 6.07 Å². The summed E-state index contributed by atoms with van der Waals surface area (Å²) in [5, 5.41) is 4.59. The molecule has 2 heterocycles. The smallest absolute Gasteiger partial charge is 0.186 e. The van der Waals surface area contributed by atoms with Gasteiger partial charge >= 0.3 is 0 Å². The van der Waals surface area contributed by atoms with E-state index in [4.69, 9.17) is 4.98 Å². The highest BCUT2D eigenvalue weighted by Gasteiger charge is 2.20. The van der Waals surface area contributed by atoms with Crippen molar-refractivity contribution in [2.45, 2.75) is 18.9 Å². The molecule has 1 fully saturated rings. The topological polar surface area (TPSA) is 28.2 Å². The molecule has 0 saturated carbocycles. The van der Waals surface area contributed by atoms with Crippen molar-refractivity contribution < 1.29 is 0 Å². The van der Waals surface area contributed by atoms with E-state index in [-0.39, 0.29) is 12.4 Å². The summed E-state index contributed by atoms with van der Waals surface area (Å²) >= 11 is 1.79. The molecular weight excluding hydrogens is 266 g/mol. The summed E-state index contributed by atoms with van der Waals surface area (Å²) in [6.45, 7) is 2.23. The standard InChI is InChI=1S/C13H17N3S.ClH/c1-16(10-5-4-8-14-9-10)13-15-11-6-2-3-7-12(11)17-13;/h2-3,6-7,10,14H,4-5,8-9H2,1H3;1H/t10-;/m0./s1. The van der Waals surface area contributed by atoms with Gasteiger partial charge in [-0.2, -0.15) is 0 Å². The van der Waals surface area contributed by atoms with E-state index in [2.05, 4.69) is 35.5 Å². The lowest BCUT2D eigenvalue weighted by Crippen LogP contribution is -2.44. The maximum absolute atomic E-state index is 4.70. The molecule has 5 heteroatoms. The van der Waals surface area contributed by atoms with Crippen LogP contribution in [0.2, 0.25) is 0 Å². The number of anilines is 1. The van der Waals surface area contributed by atoms with Gasteiger partial charge in [0.15, 0.2) is 5.13 Å². The van der Waals surface area contributed by atoms with Gasteiger partial charge in [-0.3, -0.25) is 0 Å². The van der Waals surface area contributed by atoms with Crippen molar-refractivity contribution in [2.24, 2.45) is 0 Å². The van der Waals surface area contributed by atoms with Crippen LogP contribution in [-0.2, 0) is 0 Å². The molecule has 0 aliphatic carbocycles. The van der Waals surface area contributed by atoms with Gasteiger partial charge in [0.25, 0.3) is 0 Å². The van der Waals surface area contributed by atoms with Gasteiger partial charge in [-0.1, -0.05) is 23.5 Å². The quantitative estimate of drug-likeness (QED) is 0.919. The summed E-state index contributed by atoms with van der Waals surface area (Å²) in [5.74, 6) is 0. The Bertz CT molecular complexity index is 475. The van der Waals surface area contributed by atoms with E-state index < -0.39 is 0 Å². The number of piperidine rings is 1. The first-order valence-corrected chi connectivity index (χ1v) is 6.95. The number of fused-ring (bicyclic) bond motifs is 1. The van der Waals surface area contributed by atoms with Gasteiger partial charge in [-0.05, 0) is 31.5 Å². The Morgan fingerprint density at radius 2 is 2.22 bits per heavy atom.